The molecule has 0 aliphatic carbocycles. The smallest absolute Gasteiger partial charge is 0.240 e. The van der Waals surface area contributed by atoms with Crippen LogP contribution in [0.1, 0.15) is 31.2 Å². The van der Waals surface area contributed by atoms with E-state index >= 15 is 0 Å². The highest BCUT2D eigenvalue weighted by molar-refractivity contribution is 6.01. The van der Waals surface area contributed by atoms with E-state index in [2.05, 4.69) is 15.6 Å². The van der Waals surface area contributed by atoms with Crippen molar-refractivity contribution in [2.24, 2.45) is 0 Å². The van der Waals surface area contributed by atoms with Gasteiger partial charge in [-0.05, 0) is 55.7 Å². The van der Waals surface area contributed by atoms with Crippen LogP contribution in [0.2, 0.25) is 0 Å². The minimum atomic E-state index is -0.525. The van der Waals surface area contributed by atoms with Gasteiger partial charge in [0, 0.05) is 37.9 Å². The lowest BCUT2D eigenvalue weighted by atomic mass is 10.2. The monoisotopic (exact) mass is 442 g/mol. The molecule has 0 spiro atoms. The molecular weight excluding hydrogens is 415 g/mol. The van der Waals surface area contributed by atoms with E-state index in [9.17, 15) is 18.8 Å². The molecule has 9 heteroatoms. The molecule has 8 nitrogen and oxygen atoms in total. The second-order valence-electron chi connectivity index (χ2n) is 7.67. The molecule has 2 N–H and O–H groups in total. The Hall–Kier alpha value is -3.33. The molecule has 2 heterocycles. The Balaban J connectivity index is 1.59. The van der Waals surface area contributed by atoms with E-state index in [1.807, 2.05) is 6.92 Å². The number of amides is 3. The van der Waals surface area contributed by atoms with Crippen molar-refractivity contribution in [1.29, 1.82) is 0 Å². The largest absolute Gasteiger partial charge is 0.376 e. The van der Waals surface area contributed by atoms with Crippen LogP contribution in [0.5, 0.6) is 0 Å². The maximum atomic E-state index is 13.7. The van der Waals surface area contributed by atoms with Gasteiger partial charge in [-0.1, -0.05) is 6.07 Å². The fourth-order valence-corrected chi connectivity index (χ4v) is 3.37. The third-order valence-corrected chi connectivity index (χ3v) is 5.02. The minimum Gasteiger partial charge on any atom is -0.376 e. The van der Waals surface area contributed by atoms with Gasteiger partial charge in [-0.3, -0.25) is 14.4 Å². The predicted octanol–water partition coefficient (Wildman–Crippen LogP) is 2.58. The SMILES string of the molecule is Cc1ccnc(NC(=O)CCC(=O)N(CC(=O)NCC2CCCO2)c2cccc(F)c2)c1. The van der Waals surface area contributed by atoms with E-state index in [1.165, 1.54) is 23.1 Å². The highest BCUT2D eigenvalue weighted by Gasteiger charge is 2.22. The first kappa shape index (κ1) is 23.3. The van der Waals surface area contributed by atoms with Crippen LogP contribution in [-0.2, 0) is 19.1 Å². The first-order valence-corrected chi connectivity index (χ1v) is 10.6. The Labute approximate surface area is 186 Å². The first-order chi connectivity index (χ1) is 15.4. The molecule has 1 aromatic heterocycles. The van der Waals surface area contributed by atoms with E-state index in [4.69, 9.17) is 4.74 Å². The van der Waals surface area contributed by atoms with Gasteiger partial charge in [-0.2, -0.15) is 0 Å². The average molecular weight is 442 g/mol. The second-order valence-corrected chi connectivity index (χ2v) is 7.67. The van der Waals surface area contributed by atoms with Gasteiger partial charge < -0.3 is 20.3 Å². The molecule has 32 heavy (non-hydrogen) atoms. The number of ether oxygens (including phenoxy) is 1. The summed E-state index contributed by atoms with van der Waals surface area (Å²) in [7, 11) is 0. The summed E-state index contributed by atoms with van der Waals surface area (Å²) in [4.78, 5) is 42.8. The van der Waals surface area contributed by atoms with Crippen molar-refractivity contribution in [2.75, 3.05) is 29.9 Å². The molecular formula is C23H27FN4O4. The molecule has 0 bridgehead atoms. The van der Waals surface area contributed by atoms with Gasteiger partial charge in [0.05, 0.1) is 6.10 Å². The highest BCUT2D eigenvalue weighted by Crippen LogP contribution is 2.18. The Bertz CT molecular complexity index is 963. The summed E-state index contributed by atoms with van der Waals surface area (Å²) in [5.74, 6) is -1.35. The van der Waals surface area contributed by atoms with Crippen LogP contribution in [0, 0.1) is 12.7 Å². The Morgan fingerprint density at radius 2 is 2.03 bits per heavy atom. The van der Waals surface area contributed by atoms with Crippen molar-refractivity contribution < 1.29 is 23.5 Å². The number of nitrogens with one attached hydrogen (secondary N) is 2. The van der Waals surface area contributed by atoms with Gasteiger partial charge in [-0.25, -0.2) is 9.37 Å². The summed E-state index contributed by atoms with van der Waals surface area (Å²) in [5.41, 5.74) is 1.20. The molecule has 1 fully saturated rings. The normalized spacial score (nSPS) is 15.2. The number of hydrogen-bond acceptors (Lipinski definition) is 5. The molecule has 3 rings (SSSR count). The maximum absolute atomic E-state index is 13.7. The molecule has 1 saturated heterocycles. The molecule has 3 amide bonds. The third-order valence-electron chi connectivity index (χ3n) is 5.02. The number of benzene rings is 1. The minimum absolute atomic E-state index is 0.0313. The zero-order valence-corrected chi connectivity index (χ0v) is 18.0. The van der Waals surface area contributed by atoms with Crippen molar-refractivity contribution in [2.45, 2.75) is 38.7 Å². The highest BCUT2D eigenvalue weighted by atomic mass is 19.1. The van der Waals surface area contributed by atoms with Crippen molar-refractivity contribution in [3.8, 4) is 0 Å². The molecule has 1 aliphatic heterocycles. The second kappa shape index (κ2) is 11.3. The van der Waals surface area contributed by atoms with Gasteiger partial charge in [0.15, 0.2) is 0 Å². The van der Waals surface area contributed by atoms with Crippen LogP contribution in [0.4, 0.5) is 15.9 Å². The van der Waals surface area contributed by atoms with Gasteiger partial charge >= 0.3 is 0 Å². The van der Waals surface area contributed by atoms with Crippen LogP contribution in [0.3, 0.4) is 0 Å². The van der Waals surface area contributed by atoms with E-state index in [0.29, 0.717) is 19.0 Å². The van der Waals surface area contributed by atoms with Crippen LogP contribution in [0.25, 0.3) is 0 Å². The summed E-state index contributed by atoms with van der Waals surface area (Å²) < 4.78 is 19.2. The fourth-order valence-electron chi connectivity index (χ4n) is 3.37. The van der Waals surface area contributed by atoms with Crippen molar-refractivity contribution in [3.05, 3.63) is 54.0 Å². The molecule has 0 saturated carbocycles. The molecule has 1 aromatic carbocycles. The number of halogens is 1. The maximum Gasteiger partial charge on any atom is 0.240 e. The molecule has 1 unspecified atom stereocenters. The predicted molar refractivity (Wildman–Crippen MR) is 118 cm³/mol. The number of aryl methyl sites for hydroxylation is 1. The van der Waals surface area contributed by atoms with Crippen molar-refractivity contribution in [1.82, 2.24) is 10.3 Å². The number of aromatic nitrogens is 1. The van der Waals surface area contributed by atoms with Crippen LogP contribution >= 0.6 is 0 Å². The summed E-state index contributed by atoms with van der Waals surface area (Å²) in [6.07, 6.45) is 3.13. The summed E-state index contributed by atoms with van der Waals surface area (Å²) in [6.45, 7) is 2.63. The standard InChI is InChI=1S/C23H27FN4O4/c1-16-9-10-25-20(12-16)27-21(29)7-8-23(31)28(18-5-2-4-17(24)13-18)15-22(30)26-14-19-6-3-11-32-19/h2,4-5,9-10,12-13,19H,3,6-8,11,14-15H2,1H3,(H,26,30)(H,25,27,29). The van der Waals surface area contributed by atoms with Gasteiger partial charge in [0.1, 0.15) is 18.2 Å². The van der Waals surface area contributed by atoms with Crippen LogP contribution in [-0.4, -0.2) is 48.5 Å². The number of carbonyl (C=O) groups excluding carboxylic acids is 3. The van der Waals surface area contributed by atoms with Crippen LogP contribution < -0.4 is 15.5 Å². The number of nitrogens with zero attached hydrogens (tertiary/aromatic N) is 2. The number of rotatable bonds is 9. The number of hydrogen-bond donors (Lipinski definition) is 2. The summed E-state index contributed by atoms with van der Waals surface area (Å²) >= 11 is 0. The Kier molecular flexibility index (Phi) is 8.27. The lowest BCUT2D eigenvalue weighted by Gasteiger charge is -2.23. The van der Waals surface area contributed by atoms with Gasteiger partial charge in [0.25, 0.3) is 0 Å². The molecule has 1 atom stereocenters. The Morgan fingerprint density at radius 3 is 2.75 bits per heavy atom. The van der Waals surface area contributed by atoms with E-state index < -0.39 is 11.7 Å². The van der Waals surface area contributed by atoms with Crippen LogP contribution in [0.15, 0.2) is 42.6 Å². The quantitative estimate of drug-likeness (QED) is 0.622. The molecule has 170 valence electrons. The number of pyridine rings is 1. The zero-order valence-electron chi connectivity index (χ0n) is 18.0. The van der Waals surface area contributed by atoms with Gasteiger partial charge in [-0.15, -0.1) is 0 Å². The lowest BCUT2D eigenvalue weighted by molar-refractivity contribution is -0.125. The fraction of sp³-hybridized carbons (Fsp3) is 0.391. The van der Waals surface area contributed by atoms with E-state index in [-0.39, 0.29) is 43.0 Å². The van der Waals surface area contributed by atoms with Gasteiger partial charge in [0.2, 0.25) is 17.7 Å². The number of carbonyl (C=O) groups is 3. The van der Waals surface area contributed by atoms with Crippen molar-refractivity contribution in [3.63, 3.8) is 0 Å². The summed E-state index contributed by atoms with van der Waals surface area (Å²) in [6, 6.07) is 8.97. The number of anilines is 2. The lowest BCUT2D eigenvalue weighted by Crippen LogP contribution is -2.43. The topological polar surface area (TPSA) is 101 Å². The molecule has 1 aliphatic rings. The zero-order chi connectivity index (χ0) is 22.9. The Morgan fingerprint density at radius 1 is 1.19 bits per heavy atom. The van der Waals surface area contributed by atoms with E-state index in [1.54, 1.807) is 24.4 Å². The summed E-state index contributed by atoms with van der Waals surface area (Å²) in [5, 5.41) is 5.40. The first-order valence-electron chi connectivity index (χ1n) is 10.6. The average Bonchev–Trinajstić information content (AvgIpc) is 3.28. The molecule has 2 aromatic rings. The molecule has 0 radical (unpaired) electrons. The van der Waals surface area contributed by atoms with E-state index in [0.717, 1.165) is 18.4 Å². The van der Waals surface area contributed by atoms with Crippen molar-refractivity contribution >= 4 is 29.2 Å². The third kappa shape index (κ3) is 7.12.